The third kappa shape index (κ3) is 2.80. The van der Waals surface area contributed by atoms with Crippen LogP contribution in [0.5, 0.6) is 0 Å². The number of aromatic amines is 1. The van der Waals surface area contributed by atoms with Crippen molar-refractivity contribution >= 4 is 32.7 Å². The van der Waals surface area contributed by atoms with Gasteiger partial charge in [0.2, 0.25) is 5.78 Å². The second-order valence-electron chi connectivity index (χ2n) is 3.99. The van der Waals surface area contributed by atoms with Gasteiger partial charge in [-0.15, -0.1) is 0 Å². The molecule has 0 fully saturated rings. The zero-order valence-corrected chi connectivity index (χ0v) is 11.7. The molecular weight excluding hydrogens is 292 g/mol. The summed E-state index contributed by atoms with van der Waals surface area (Å²) < 4.78 is 0.850. The number of rotatable bonds is 3. The zero-order chi connectivity index (χ0) is 13.0. The van der Waals surface area contributed by atoms with Crippen molar-refractivity contribution in [3.8, 4) is 11.8 Å². The van der Waals surface area contributed by atoms with E-state index in [9.17, 15) is 4.79 Å². The van der Waals surface area contributed by atoms with Crippen molar-refractivity contribution in [3.63, 3.8) is 0 Å². The van der Waals surface area contributed by atoms with E-state index in [0.29, 0.717) is 11.2 Å². The van der Waals surface area contributed by atoms with Crippen molar-refractivity contribution in [1.29, 1.82) is 0 Å². The first kappa shape index (κ1) is 12.8. The summed E-state index contributed by atoms with van der Waals surface area (Å²) in [7, 11) is 0. The largest absolute Gasteiger partial charge is 0.345 e. The van der Waals surface area contributed by atoms with Crippen molar-refractivity contribution in [2.45, 2.75) is 26.2 Å². The van der Waals surface area contributed by atoms with E-state index >= 15 is 0 Å². The van der Waals surface area contributed by atoms with Gasteiger partial charge in [-0.3, -0.25) is 4.79 Å². The lowest BCUT2D eigenvalue weighted by molar-refractivity contribution is 0.105. The van der Waals surface area contributed by atoms with Crippen molar-refractivity contribution in [1.82, 2.24) is 9.97 Å². The molecule has 1 N–H and O–H groups in total. The number of hydrogen-bond acceptors (Lipinski definition) is 2. The Bertz CT molecular complexity index is 634. The lowest BCUT2D eigenvalue weighted by Gasteiger charge is -1.93. The van der Waals surface area contributed by atoms with Crippen molar-refractivity contribution < 1.29 is 4.79 Å². The summed E-state index contributed by atoms with van der Waals surface area (Å²) in [6, 6.07) is 1.87. The van der Waals surface area contributed by atoms with E-state index in [1.807, 2.05) is 6.07 Å². The van der Waals surface area contributed by atoms with E-state index in [1.165, 1.54) is 0 Å². The SMILES string of the molecule is CCCCC#CC(=O)c1c[nH]c2ncc(Br)cc12. The monoisotopic (exact) mass is 304 g/mol. The molecule has 0 bridgehead atoms. The molecule has 0 saturated heterocycles. The number of carbonyl (C=O) groups excluding carboxylic acids is 1. The van der Waals surface area contributed by atoms with Crippen LogP contribution in [0.25, 0.3) is 11.0 Å². The average Bonchev–Trinajstić information content (AvgIpc) is 2.77. The molecule has 0 amide bonds. The molecule has 2 rings (SSSR count). The Hall–Kier alpha value is -1.60. The predicted octanol–water partition coefficient (Wildman–Crippen LogP) is 3.70. The summed E-state index contributed by atoms with van der Waals surface area (Å²) in [6.45, 7) is 2.10. The molecule has 0 aromatic carbocycles. The van der Waals surface area contributed by atoms with Crippen LogP contribution in [0.1, 0.15) is 36.5 Å². The van der Waals surface area contributed by atoms with Crippen molar-refractivity contribution in [2.75, 3.05) is 0 Å². The molecule has 92 valence electrons. The number of halogens is 1. The van der Waals surface area contributed by atoms with Gasteiger partial charge in [-0.05, 0) is 34.3 Å². The second kappa shape index (κ2) is 5.83. The van der Waals surface area contributed by atoms with Gasteiger partial charge >= 0.3 is 0 Å². The minimum atomic E-state index is -0.155. The topological polar surface area (TPSA) is 45.8 Å². The fourth-order valence-corrected chi connectivity index (χ4v) is 1.97. The predicted molar refractivity (Wildman–Crippen MR) is 75.4 cm³/mol. The maximum absolute atomic E-state index is 12.0. The van der Waals surface area contributed by atoms with Crippen LogP contribution in [-0.4, -0.2) is 15.8 Å². The summed E-state index contributed by atoms with van der Waals surface area (Å²) in [6.07, 6.45) is 6.25. The summed E-state index contributed by atoms with van der Waals surface area (Å²) in [5.74, 6) is 5.43. The Kier molecular flexibility index (Phi) is 4.16. The Labute approximate surface area is 114 Å². The number of nitrogens with one attached hydrogen (secondary N) is 1. The van der Waals surface area contributed by atoms with E-state index in [2.05, 4.69) is 44.7 Å². The van der Waals surface area contributed by atoms with Gasteiger partial charge < -0.3 is 4.98 Å². The molecule has 3 nitrogen and oxygen atoms in total. The van der Waals surface area contributed by atoms with Crippen LogP contribution in [-0.2, 0) is 0 Å². The van der Waals surface area contributed by atoms with Gasteiger partial charge in [-0.1, -0.05) is 19.3 Å². The van der Waals surface area contributed by atoms with Gasteiger partial charge in [-0.2, -0.15) is 0 Å². The van der Waals surface area contributed by atoms with E-state index in [1.54, 1.807) is 12.4 Å². The van der Waals surface area contributed by atoms with Crippen LogP contribution in [0, 0.1) is 11.8 Å². The van der Waals surface area contributed by atoms with E-state index in [0.717, 1.165) is 29.1 Å². The van der Waals surface area contributed by atoms with Gasteiger partial charge in [0.05, 0.1) is 5.56 Å². The Morgan fingerprint density at radius 2 is 2.39 bits per heavy atom. The third-order valence-corrected chi connectivity index (χ3v) is 3.03. The number of fused-ring (bicyclic) bond motifs is 1. The lowest BCUT2D eigenvalue weighted by atomic mass is 10.1. The van der Waals surface area contributed by atoms with Crippen LogP contribution in [0.15, 0.2) is 22.9 Å². The van der Waals surface area contributed by atoms with Gasteiger partial charge in [0.15, 0.2) is 0 Å². The Balaban J connectivity index is 2.27. The minimum absolute atomic E-state index is 0.155. The van der Waals surface area contributed by atoms with Crippen molar-refractivity contribution in [2.24, 2.45) is 0 Å². The number of unbranched alkanes of at least 4 members (excludes halogenated alkanes) is 2. The van der Waals surface area contributed by atoms with Crippen molar-refractivity contribution in [3.05, 3.63) is 28.5 Å². The van der Waals surface area contributed by atoms with E-state index in [-0.39, 0.29) is 5.78 Å². The molecule has 0 radical (unpaired) electrons. The third-order valence-electron chi connectivity index (χ3n) is 2.60. The summed E-state index contributed by atoms with van der Waals surface area (Å²) in [5.41, 5.74) is 1.29. The molecule has 18 heavy (non-hydrogen) atoms. The molecule has 2 heterocycles. The van der Waals surface area contributed by atoms with Gasteiger partial charge in [-0.25, -0.2) is 4.98 Å². The molecule has 0 saturated carbocycles. The van der Waals surface area contributed by atoms with Crippen LogP contribution >= 0.6 is 15.9 Å². The highest BCUT2D eigenvalue weighted by Crippen LogP contribution is 2.20. The fraction of sp³-hybridized carbons (Fsp3) is 0.286. The number of ketones is 1. The number of nitrogens with zero attached hydrogens (tertiary/aromatic N) is 1. The van der Waals surface area contributed by atoms with Gasteiger partial charge in [0, 0.05) is 28.7 Å². The summed E-state index contributed by atoms with van der Waals surface area (Å²) in [5, 5.41) is 0.805. The molecule has 0 aliphatic rings. The number of carbonyl (C=O) groups is 1. The highest BCUT2D eigenvalue weighted by molar-refractivity contribution is 9.10. The number of Topliss-reactive ketones (excluding diaryl/α,β-unsaturated/α-hetero) is 1. The van der Waals surface area contributed by atoms with Crippen LogP contribution in [0.3, 0.4) is 0 Å². The molecule has 2 aromatic rings. The van der Waals surface area contributed by atoms with Crippen LogP contribution in [0.4, 0.5) is 0 Å². The van der Waals surface area contributed by atoms with Crippen LogP contribution < -0.4 is 0 Å². The van der Waals surface area contributed by atoms with Crippen LogP contribution in [0.2, 0.25) is 0 Å². The molecule has 4 heteroatoms. The smallest absolute Gasteiger partial charge is 0.238 e. The number of hydrogen-bond donors (Lipinski definition) is 1. The molecule has 2 aromatic heterocycles. The number of H-pyrrole nitrogens is 1. The first-order valence-electron chi connectivity index (χ1n) is 5.88. The highest BCUT2D eigenvalue weighted by atomic mass is 79.9. The molecule has 0 unspecified atom stereocenters. The number of pyridine rings is 1. The maximum Gasteiger partial charge on any atom is 0.238 e. The first-order valence-corrected chi connectivity index (χ1v) is 6.67. The Morgan fingerprint density at radius 1 is 1.56 bits per heavy atom. The molecule has 0 aliphatic heterocycles. The molecule has 0 spiro atoms. The fourth-order valence-electron chi connectivity index (χ4n) is 1.64. The summed E-state index contributed by atoms with van der Waals surface area (Å²) in [4.78, 5) is 19.1. The Morgan fingerprint density at radius 3 is 3.17 bits per heavy atom. The van der Waals surface area contributed by atoms with E-state index in [4.69, 9.17) is 0 Å². The second-order valence-corrected chi connectivity index (χ2v) is 4.90. The first-order chi connectivity index (χ1) is 8.72. The van der Waals surface area contributed by atoms with E-state index < -0.39 is 0 Å². The normalized spacial score (nSPS) is 10.1. The highest BCUT2D eigenvalue weighted by Gasteiger charge is 2.10. The standard InChI is InChI=1S/C14H13BrN2O/c1-2-3-4-5-6-13(18)12-9-17-14-11(12)7-10(15)8-16-14/h7-9H,2-4H2,1H3,(H,16,17). The average molecular weight is 305 g/mol. The zero-order valence-electron chi connectivity index (χ0n) is 10.1. The lowest BCUT2D eigenvalue weighted by Crippen LogP contribution is -1.93. The molecule has 0 aliphatic carbocycles. The number of aromatic nitrogens is 2. The maximum atomic E-state index is 12.0. The van der Waals surface area contributed by atoms with Gasteiger partial charge in [0.1, 0.15) is 5.65 Å². The van der Waals surface area contributed by atoms with Gasteiger partial charge in [0.25, 0.3) is 0 Å². The molecule has 0 atom stereocenters. The summed E-state index contributed by atoms with van der Waals surface area (Å²) >= 11 is 3.35. The quantitative estimate of drug-likeness (QED) is 0.407. The molecular formula is C14H13BrN2O. The minimum Gasteiger partial charge on any atom is -0.345 e.